The van der Waals surface area contributed by atoms with Gasteiger partial charge in [0.05, 0.1) is 11.3 Å². The summed E-state index contributed by atoms with van der Waals surface area (Å²) in [5.74, 6) is 0. The van der Waals surface area contributed by atoms with Crippen LogP contribution in [0.1, 0.15) is 5.56 Å². The Morgan fingerprint density at radius 2 is 1.92 bits per heavy atom. The van der Waals surface area contributed by atoms with Gasteiger partial charge in [0.15, 0.2) is 0 Å². The Hall–Kier alpha value is -0.550. The number of hydrogen-bond acceptors (Lipinski definition) is 2. The number of alkyl halides is 3. The highest BCUT2D eigenvalue weighted by Crippen LogP contribution is 2.33. The quantitative estimate of drug-likeness (QED) is 0.552. The van der Waals surface area contributed by atoms with Gasteiger partial charge in [-0.1, -0.05) is 0 Å². The Morgan fingerprint density at radius 1 is 1.31 bits per heavy atom. The van der Waals surface area contributed by atoms with E-state index in [1.165, 1.54) is 6.07 Å². The standard InChI is InChI=1S/C7H5ClF3NS/c8-12-5-3-4(7(9,10)11)1-2-6(5)13/h1-3,12-13H. The van der Waals surface area contributed by atoms with Gasteiger partial charge >= 0.3 is 6.18 Å². The van der Waals surface area contributed by atoms with Crippen molar-refractivity contribution < 1.29 is 13.2 Å². The highest BCUT2D eigenvalue weighted by molar-refractivity contribution is 7.80. The zero-order valence-electron chi connectivity index (χ0n) is 6.19. The van der Waals surface area contributed by atoms with Gasteiger partial charge in [0, 0.05) is 16.7 Å². The molecule has 0 unspecified atom stereocenters. The molecule has 0 fully saturated rings. The van der Waals surface area contributed by atoms with Crippen LogP contribution >= 0.6 is 24.4 Å². The molecule has 72 valence electrons. The molecule has 13 heavy (non-hydrogen) atoms. The van der Waals surface area contributed by atoms with Crippen molar-refractivity contribution in [3.05, 3.63) is 23.8 Å². The number of anilines is 1. The van der Waals surface area contributed by atoms with Crippen LogP contribution in [0.25, 0.3) is 0 Å². The van der Waals surface area contributed by atoms with Gasteiger partial charge in [-0.15, -0.1) is 12.6 Å². The number of benzene rings is 1. The first kappa shape index (κ1) is 10.5. The van der Waals surface area contributed by atoms with Crippen LogP contribution in [-0.4, -0.2) is 0 Å². The van der Waals surface area contributed by atoms with Gasteiger partial charge in [0.25, 0.3) is 0 Å². The molecule has 1 aromatic rings. The van der Waals surface area contributed by atoms with Crippen LogP contribution in [0.3, 0.4) is 0 Å². The lowest BCUT2D eigenvalue weighted by atomic mass is 10.2. The summed E-state index contributed by atoms with van der Waals surface area (Å²) in [6.07, 6.45) is -4.36. The minimum atomic E-state index is -4.36. The molecule has 0 saturated carbocycles. The van der Waals surface area contributed by atoms with E-state index in [4.69, 9.17) is 11.8 Å². The largest absolute Gasteiger partial charge is 0.416 e. The number of hydrogen-bond donors (Lipinski definition) is 2. The molecule has 0 saturated heterocycles. The van der Waals surface area contributed by atoms with Crippen molar-refractivity contribution >= 4 is 30.1 Å². The maximum atomic E-state index is 12.1. The van der Waals surface area contributed by atoms with Crippen LogP contribution in [0.2, 0.25) is 0 Å². The maximum Gasteiger partial charge on any atom is 0.416 e. The lowest BCUT2D eigenvalue weighted by Crippen LogP contribution is -2.04. The molecule has 1 nitrogen and oxygen atoms in total. The van der Waals surface area contributed by atoms with Crippen molar-refractivity contribution in [3.63, 3.8) is 0 Å². The third kappa shape index (κ3) is 2.45. The van der Waals surface area contributed by atoms with Crippen molar-refractivity contribution in [2.24, 2.45) is 0 Å². The fourth-order valence-corrected chi connectivity index (χ4v) is 1.21. The van der Waals surface area contributed by atoms with Crippen molar-refractivity contribution in [1.82, 2.24) is 0 Å². The van der Waals surface area contributed by atoms with E-state index in [-0.39, 0.29) is 5.69 Å². The summed E-state index contributed by atoms with van der Waals surface area (Å²) in [6, 6.07) is 3.08. The molecular formula is C7H5ClF3NS. The second kappa shape index (κ2) is 3.67. The van der Waals surface area contributed by atoms with Crippen LogP contribution in [0.15, 0.2) is 23.1 Å². The molecule has 0 aliphatic heterocycles. The minimum absolute atomic E-state index is 0.139. The number of rotatable bonds is 1. The van der Waals surface area contributed by atoms with E-state index < -0.39 is 11.7 Å². The van der Waals surface area contributed by atoms with Crippen LogP contribution in [0.4, 0.5) is 18.9 Å². The molecule has 0 aliphatic carbocycles. The minimum Gasteiger partial charge on any atom is -0.297 e. The first-order valence-corrected chi connectivity index (χ1v) is 4.04. The van der Waals surface area contributed by atoms with Gasteiger partial charge in [-0.05, 0) is 18.2 Å². The highest BCUT2D eigenvalue weighted by atomic mass is 35.5. The van der Waals surface area contributed by atoms with Crippen LogP contribution in [0, 0.1) is 0 Å². The monoisotopic (exact) mass is 227 g/mol. The summed E-state index contributed by atoms with van der Waals surface area (Å²) in [7, 11) is 0. The maximum absolute atomic E-state index is 12.1. The predicted octanol–water partition coefficient (Wildman–Crippen LogP) is 3.56. The van der Waals surface area contributed by atoms with E-state index in [2.05, 4.69) is 17.5 Å². The second-order valence-corrected chi connectivity index (χ2v) is 2.99. The molecule has 1 rings (SSSR count). The van der Waals surface area contributed by atoms with Gasteiger partial charge in [-0.3, -0.25) is 4.84 Å². The van der Waals surface area contributed by atoms with Crippen molar-refractivity contribution in [1.29, 1.82) is 0 Å². The van der Waals surface area contributed by atoms with E-state index in [9.17, 15) is 13.2 Å². The van der Waals surface area contributed by atoms with Gasteiger partial charge in [0.1, 0.15) is 0 Å². The topological polar surface area (TPSA) is 12.0 Å². The lowest BCUT2D eigenvalue weighted by molar-refractivity contribution is -0.137. The van der Waals surface area contributed by atoms with E-state index in [1.807, 2.05) is 0 Å². The zero-order chi connectivity index (χ0) is 10.1. The third-order valence-electron chi connectivity index (χ3n) is 1.43. The SMILES string of the molecule is FC(F)(F)c1ccc(S)c(NCl)c1. The summed E-state index contributed by atoms with van der Waals surface area (Å²) in [4.78, 5) is 2.47. The summed E-state index contributed by atoms with van der Waals surface area (Å²) in [5.41, 5.74) is -0.617. The van der Waals surface area contributed by atoms with Crippen molar-refractivity contribution in [2.75, 3.05) is 4.84 Å². The van der Waals surface area contributed by atoms with Crippen LogP contribution in [0.5, 0.6) is 0 Å². The Bertz CT molecular complexity index is 313. The predicted molar refractivity (Wildman–Crippen MR) is 48.2 cm³/mol. The molecule has 0 radical (unpaired) electrons. The summed E-state index contributed by atoms with van der Waals surface area (Å²) in [5, 5.41) is 0. The Kier molecular flexibility index (Phi) is 2.98. The molecule has 0 aliphatic rings. The first-order chi connectivity index (χ1) is 5.95. The number of thiol groups is 1. The average Bonchev–Trinajstić information content (AvgIpc) is 2.03. The molecule has 1 aromatic carbocycles. The zero-order valence-corrected chi connectivity index (χ0v) is 7.84. The molecule has 0 aromatic heterocycles. The summed E-state index contributed by atoms with van der Waals surface area (Å²) < 4.78 is 36.4. The van der Waals surface area contributed by atoms with Crippen LogP contribution in [-0.2, 0) is 6.18 Å². The number of nitrogens with one attached hydrogen (secondary N) is 1. The molecule has 1 N–H and O–H groups in total. The fraction of sp³-hybridized carbons (Fsp3) is 0.143. The smallest absolute Gasteiger partial charge is 0.297 e. The van der Waals surface area contributed by atoms with Crippen molar-refractivity contribution in [2.45, 2.75) is 11.1 Å². The second-order valence-electron chi connectivity index (χ2n) is 2.32. The molecule has 6 heteroatoms. The van der Waals surface area contributed by atoms with E-state index in [1.54, 1.807) is 0 Å². The lowest BCUT2D eigenvalue weighted by Gasteiger charge is -2.09. The fourth-order valence-electron chi connectivity index (χ4n) is 0.788. The Balaban J connectivity index is 3.14. The van der Waals surface area contributed by atoms with Crippen molar-refractivity contribution in [3.8, 4) is 0 Å². The number of halogens is 4. The third-order valence-corrected chi connectivity index (χ3v) is 2.02. The Morgan fingerprint density at radius 3 is 2.38 bits per heavy atom. The average molecular weight is 228 g/mol. The summed E-state index contributed by atoms with van der Waals surface area (Å²) >= 11 is 9.09. The Labute approximate surface area is 83.4 Å². The molecule has 0 bridgehead atoms. The highest BCUT2D eigenvalue weighted by Gasteiger charge is 2.30. The molecule has 0 amide bonds. The normalized spacial score (nSPS) is 11.5. The molecular weight excluding hydrogens is 223 g/mol. The van der Waals surface area contributed by atoms with Crippen LogP contribution < -0.4 is 4.84 Å². The van der Waals surface area contributed by atoms with E-state index in [0.29, 0.717) is 4.90 Å². The molecule has 0 atom stereocenters. The molecule has 0 heterocycles. The van der Waals surface area contributed by atoms with Gasteiger partial charge in [-0.2, -0.15) is 13.2 Å². The molecule has 0 spiro atoms. The van der Waals surface area contributed by atoms with E-state index in [0.717, 1.165) is 12.1 Å². The van der Waals surface area contributed by atoms with Gasteiger partial charge < -0.3 is 0 Å². The summed E-state index contributed by atoms with van der Waals surface area (Å²) in [6.45, 7) is 0. The van der Waals surface area contributed by atoms with Gasteiger partial charge in [0.2, 0.25) is 0 Å². The van der Waals surface area contributed by atoms with E-state index >= 15 is 0 Å². The first-order valence-electron chi connectivity index (χ1n) is 3.22. The van der Waals surface area contributed by atoms with Gasteiger partial charge in [-0.25, -0.2) is 0 Å².